The lowest BCUT2D eigenvalue weighted by Gasteiger charge is -2.16. The number of nitrogen functional groups attached to an aromatic ring is 1. The van der Waals surface area contributed by atoms with Gasteiger partial charge in [-0.2, -0.15) is 5.10 Å². The van der Waals surface area contributed by atoms with Crippen LogP contribution < -0.4 is 15.8 Å². The fourth-order valence-corrected chi connectivity index (χ4v) is 2.64. The molecule has 8 nitrogen and oxygen atoms in total. The van der Waals surface area contributed by atoms with E-state index in [1.54, 1.807) is 12.1 Å². The molecule has 1 unspecified atom stereocenters. The Balaban J connectivity index is 2.37. The molecule has 0 spiro atoms. The molecule has 0 fully saturated rings. The first-order valence-electron chi connectivity index (χ1n) is 5.89. The van der Waals surface area contributed by atoms with Gasteiger partial charge in [0, 0.05) is 5.69 Å². The summed E-state index contributed by atoms with van der Waals surface area (Å²) < 4.78 is 26.3. The number of aromatic nitrogens is 3. The Morgan fingerprint density at radius 3 is 2.75 bits per heavy atom. The van der Waals surface area contributed by atoms with Gasteiger partial charge >= 0.3 is 0 Å². The van der Waals surface area contributed by atoms with E-state index in [0.29, 0.717) is 17.2 Å². The van der Waals surface area contributed by atoms with Crippen LogP contribution in [0.25, 0.3) is 0 Å². The molecule has 0 aliphatic carbocycles. The molecule has 0 aliphatic heterocycles. The molecule has 5 N–H and O–H groups in total. The summed E-state index contributed by atoms with van der Waals surface area (Å²) in [4.78, 5) is 4.11. The largest absolute Gasteiger partial charge is 0.399 e. The molecule has 0 saturated heterocycles. The average molecular weight is 296 g/mol. The highest BCUT2D eigenvalue weighted by molar-refractivity contribution is 7.89. The fourth-order valence-electron chi connectivity index (χ4n) is 1.72. The van der Waals surface area contributed by atoms with Crippen molar-refractivity contribution in [1.82, 2.24) is 19.9 Å². The third-order valence-corrected chi connectivity index (χ3v) is 4.23. The Bertz CT molecular complexity index is 683. The van der Waals surface area contributed by atoms with Gasteiger partial charge in [0.2, 0.25) is 10.0 Å². The molecule has 0 saturated carbocycles. The highest BCUT2D eigenvalue weighted by Crippen LogP contribution is 2.26. The number of nitrogens with zero attached hydrogens (tertiary/aromatic N) is 2. The van der Waals surface area contributed by atoms with E-state index in [9.17, 15) is 8.42 Å². The first kappa shape index (κ1) is 14.3. The van der Waals surface area contributed by atoms with E-state index in [1.165, 1.54) is 19.4 Å². The van der Waals surface area contributed by atoms with Gasteiger partial charge in [-0.3, -0.25) is 5.10 Å². The Labute approximate surface area is 116 Å². The zero-order valence-electron chi connectivity index (χ0n) is 11.1. The van der Waals surface area contributed by atoms with E-state index >= 15 is 0 Å². The maximum atomic E-state index is 12.0. The number of H-pyrrole nitrogens is 1. The number of nitrogens with one attached hydrogen (secondary N) is 3. The van der Waals surface area contributed by atoms with Gasteiger partial charge in [0.25, 0.3) is 0 Å². The Morgan fingerprint density at radius 1 is 1.40 bits per heavy atom. The number of nitrogens with two attached hydrogens (primary N) is 1. The molecule has 2 aromatic rings. The van der Waals surface area contributed by atoms with E-state index in [-0.39, 0.29) is 10.9 Å². The smallest absolute Gasteiger partial charge is 0.242 e. The van der Waals surface area contributed by atoms with Crippen molar-refractivity contribution in [2.45, 2.75) is 17.9 Å². The van der Waals surface area contributed by atoms with Crippen LogP contribution in [-0.2, 0) is 10.0 Å². The van der Waals surface area contributed by atoms with E-state index in [1.807, 2.05) is 6.92 Å². The normalized spacial score (nSPS) is 13.1. The second-order valence-corrected chi connectivity index (χ2v) is 6.05. The molecule has 1 atom stereocenters. The van der Waals surface area contributed by atoms with Gasteiger partial charge in [-0.1, -0.05) is 0 Å². The predicted molar refractivity (Wildman–Crippen MR) is 75.5 cm³/mol. The number of sulfonamides is 1. The van der Waals surface area contributed by atoms with E-state index in [2.05, 4.69) is 25.2 Å². The minimum Gasteiger partial charge on any atom is -0.399 e. The first-order valence-corrected chi connectivity index (χ1v) is 7.37. The third kappa shape index (κ3) is 2.89. The monoisotopic (exact) mass is 296 g/mol. The van der Waals surface area contributed by atoms with Crippen LogP contribution >= 0.6 is 0 Å². The second-order valence-electron chi connectivity index (χ2n) is 4.20. The number of anilines is 2. The van der Waals surface area contributed by atoms with Gasteiger partial charge in [0.1, 0.15) is 17.0 Å². The van der Waals surface area contributed by atoms with Crippen LogP contribution in [0.1, 0.15) is 18.8 Å². The quantitative estimate of drug-likeness (QED) is 0.594. The molecule has 0 radical (unpaired) electrons. The van der Waals surface area contributed by atoms with Crippen LogP contribution in [0.4, 0.5) is 11.4 Å². The molecule has 2 rings (SSSR count). The molecule has 0 aliphatic rings. The van der Waals surface area contributed by atoms with Gasteiger partial charge in [0.05, 0.1) is 11.7 Å². The summed E-state index contributed by atoms with van der Waals surface area (Å²) in [6, 6.07) is 4.42. The van der Waals surface area contributed by atoms with Gasteiger partial charge in [0.15, 0.2) is 0 Å². The van der Waals surface area contributed by atoms with Gasteiger partial charge < -0.3 is 11.1 Å². The summed E-state index contributed by atoms with van der Waals surface area (Å²) in [5.74, 6) is 0.606. The van der Waals surface area contributed by atoms with Crippen molar-refractivity contribution in [1.29, 1.82) is 0 Å². The summed E-state index contributed by atoms with van der Waals surface area (Å²) in [7, 11) is -2.26. The number of benzene rings is 1. The van der Waals surface area contributed by atoms with Gasteiger partial charge in [-0.25, -0.2) is 18.1 Å². The highest BCUT2D eigenvalue weighted by Gasteiger charge is 2.19. The van der Waals surface area contributed by atoms with E-state index in [4.69, 9.17) is 5.73 Å². The van der Waals surface area contributed by atoms with Crippen LogP contribution in [0, 0.1) is 0 Å². The zero-order chi connectivity index (χ0) is 14.8. The third-order valence-electron chi connectivity index (χ3n) is 2.78. The number of hydrogen-bond acceptors (Lipinski definition) is 6. The molecule has 108 valence electrons. The van der Waals surface area contributed by atoms with Crippen molar-refractivity contribution in [3.05, 3.63) is 30.4 Å². The summed E-state index contributed by atoms with van der Waals surface area (Å²) in [5.41, 5.74) is 6.47. The summed E-state index contributed by atoms with van der Waals surface area (Å²) >= 11 is 0. The van der Waals surface area contributed by atoms with Crippen molar-refractivity contribution < 1.29 is 8.42 Å². The molecular weight excluding hydrogens is 280 g/mol. The molecule has 1 aromatic carbocycles. The topological polar surface area (TPSA) is 126 Å². The van der Waals surface area contributed by atoms with E-state index < -0.39 is 10.0 Å². The standard InChI is InChI=1S/C11H16N6O2S/c1-7(11-14-6-15-17-11)16-9-4-3-8(12)5-10(9)20(18,19)13-2/h3-7,13,16H,12H2,1-2H3,(H,14,15,17). The molecule has 1 aromatic heterocycles. The Hall–Kier alpha value is -2.13. The molecule has 1 heterocycles. The van der Waals surface area contributed by atoms with Gasteiger partial charge in [-0.15, -0.1) is 0 Å². The second kappa shape index (κ2) is 5.47. The highest BCUT2D eigenvalue weighted by atomic mass is 32.2. The molecule has 20 heavy (non-hydrogen) atoms. The SMILES string of the molecule is CNS(=O)(=O)c1cc(N)ccc1NC(C)c1ncn[nH]1. The molecule has 0 amide bonds. The minimum absolute atomic E-state index is 0.0892. The van der Waals surface area contributed by atoms with Crippen molar-refractivity contribution in [3.8, 4) is 0 Å². The van der Waals surface area contributed by atoms with Crippen LogP contribution in [0.15, 0.2) is 29.4 Å². The summed E-state index contributed by atoms with van der Waals surface area (Å²) in [5, 5.41) is 9.56. The maximum Gasteiger partial charge on any atom is 0.242 e. The lowest BCUT2D eigenvalue weighted by Crippen LogP contribution is -2.21. The maximum absolute atomic E-state index is 12.0. The Kier molecular flexibility index (Phi) is 3.91. The fraction of sp³-hybridized carbons (Fsp3) is 0.273. The lowest BCUT2D eigenvalue weighted by molar-refractivity contribution is 0.588. The lowest BCUT2D eigenvalue weighted by atomic mass is 10.2. The van der Waals surface area contributed by atoms with Crippen molar-refractivity contribution in [3.63, 3.8) is 0 Å². The molecule has 9 heteroatoms. The van der Waals surface area contributed by atoms with Gasteiger partial charge in [-0.05, 0) is 32.2 Å². The summed E-state index contributed by atoms with van der Waals surface area (Å²) in [6.07, 6.45) is 1.39. The van der Waals surface area contributed by atoms with E-state index in [0.717, 1.165) is 0 Å². The predicted octanol–water partition coefficient (Wildman–Crippen LogP) is 0.468. The zero-order valence-corrected chi connectivity index (χ0v) is 11.9. The van der Waals surface area contributed by atoms with Crippen LogP contribution in [-0.4, -0.2) is 30.6 Å². The number of aromatic amines is 1. The number of hydrogen-bond donors (Lipinski definition) is 4. The van der Waals surface area contributed by atoms with Crippen LogP contribution in [0.3, 0.4) is 0 Å². The van der Waals surface area contributed by atoms with Crippen LogP contribution in [0.5, 0.6) is 0 Å². The first-order chi connectivity index (χ1) is 9.44. The average Bonchev–Trinajstić information content (AvgIpc) is 2.94. The van der Waals surface area contributed by atoms with Crippen molar-refractivity contribution >= 4 is 21.4 Å². The Morgan fingerprint density at radius 2 is 2.15 bits per heavy atom. The number of rotatable bonds is 5. The van der Waals surface area contributed by atoms with Crippen molar-refractivity contribution in [2.24, 2.45) is 0 Å². The van der Waals surface area contributed by atoms with Crippen LogP contribution in [0.2, 0.25) is 0 Å². The molecule has 0 bridgehead atoms. The summed E-state index contributed by atoms with van der Waals surface area (Å²) in [6.45, 7) is 1.84. The minimum atomic E-state index is -3.60. The van der Waals surface area contributed by atoms with Crippen molar-refractivity contribution in [2.75, 3.05) is 18.1 Å². The molecular formula is C11H16N6O2S.